The van der Waals surface area contributed by atoms with E-state index in [0.29, 0.717) is 35.8 Å². The topological polar surface area (TPSA) is 84.7 Å². The van der Waals surface area contributed by atoms with Gasteiger partial charge in [-0.3, -0.25) is 9.48 Å². The molecule has 0 radical (unpaired) electrons. The normalized spacial score (nSPS) is 15.6. The highest BCUT2D eigenvalue weighted by Crippen LogP contribution is 2.27. The summed E-state index contributed by atoms with van der Waals surface area (Å²) in [6.45, 7) is 10.5. The number of carbonyl (C=O) groups is 1. The zero-order valence-electron chi connectivity index (χ0n) is 18.5. The molecule has 0 atom stereocenters. The van der Waals surface area contributed by atoms with E-state index in [0.717, 1.165) is 5.56 Å². The minimum absolute atomic E-state index is 0.0786. The molecule has 2 aromatic rings. The lowest BCUT2D eigenvalue weighted by molar-refractivity contribution is 0.0697. The van der Waals surface area contributed by atoms with Gasteiger partial charge in [0.2, 0.25) is 10.0 Å². The van der Waals surface area contributed by atoms with Gasteiger partial charge in [0.05, 0.1) is 18.5 Å². The quantitative estimate of drug-likeness (QED) is 0.722. The van der Waals surface area contributed by atoms with Crippen molar-refractivity contribution in [2.45, 2.75) is 45.6 Å². The molecule has 3 rings (SSSR count). The number of methoxy groups -OCH3 is 1. The fourth-order valence-electron chi connectivity index (χ4n) is 3.96. The number of hydrogen-bond acceptors (Lipinski definition) is 5. The van der Waals surface area contributed by atoms with Crippen molar-refractivity contribution in [3.63, 3.8) is 0 Å². The Balaban J connectivity index is 1.76. The van der Waals surface area contributed by atoms with E-state index in [1.54, 1.807) is 42.7 Å². The lowest BCUT2D eigenvalue weighted by Crippen LogP contribution is -2.50. The van der Waals surface area contributed by atoms with Crippen LogP contribution in [0.2, 0.25) is 0 Å². The molecular formula is C21H30N4O4S. The van der Waals surface area contributed by atoms with Crippen LogP contribution in [0, 0.1) is 20.8 Å². The van der Waals surface area contributed by atoms with Crippen molar-refractivity contribution in [1.82, 2.24) is 19.0 Å². The predicted octanol–water partition coefficient (Wildman–Crippen LogP) is 2.54. The fourth-order valence-corrected chi connectivity index (χ4v) is 5.74. The molecule has 1 saturated heterocycles. The van der Waals surface area contributed by atoms with Crippen molar-refractivity contribution in [3.05, 3.63) is 40.7 Å². The molecule has 9 heteroatoms. The van der Waals surface area contributed by atoms with Gasteiger partial charge in [0.25, 0.3) is 5.91 Å². The highest BCUT2D eigenvalue weighted by atomic mass is 32.2. The van der Waals surface area contributed by atoms with Crippen molar-refractivity contribution in [1.29, 1.82) is 0 Å². The van der Waals surface area contributed by atoms with E-state index in [1.807, 2.05) is 26.8 Å². The van der Waals surface area contributed by atoms with E-state index >= 15 is 0 Å². The summed E-state index contributed by atoms with van der Waals surface area (Å²) in [5, 5.41) is 4.41. The number of aryl methyl sites for hydroxylation is 2. The Bertz CT molecular complexity index is 1050. The SMILES string of the molecule is COc1ccc(C(=O)N2CCN(S(=O)(=O)c3c(C)nn(C(C)C)c3C)CC2)c(C)c1. The Hall–Kier alpha value is -2.39. The van der Waals surface area contributed by atoms with E-state index < -0.39 is 10.0 Å². The van der Waals surface area contributed by atoms with Crippen LogP contribution >= 0.6 is 0 Å². The van der Waals surface area contributed by atoms with Crippen molar-refractivity contribution in [2.75, 3.05) is 33.3 Å². The van der Waals surface area contributed by atoms with E-state index in [9.17, 15) is 13.2 Å². The van der Waals surface area contributed by atoms with Crippen molar-refractivity contribution >= 4 is 15.9 Å². The Morgan fingerprint density at radius 3 is 2.23 bits per heavy atom. The van der Waals surface area contributed by atoms with Crippen molar-refractivity contribution < 1.29 is 17.9 Å². The van der Waals surface area contributed by atoms with Crippen LogP contribution in [0.4, 0.5) is 0 Å². The molecule has 1 amide bonds. The first kappa shape index (κ1) is 22.3. The second kappa shape index (κ2) is 8.39. The van der Waals surface area contributed by atoms with E-state index in [2.05, 4.69) is 5.10 Å². The maximum absolute atomic E-state index is 13.3. The highest BCUT2D eigenvalue weighted by Gasteiger charge is 2.34. The minimum atomic E-state index is -3.67. The molecule has 8 nitrogen and oxygen atoms in total. The zero-order valence-corrected chi connectivity index (χ0v) is 19.3. The van der Waals surface area contributed by atoms with Gasteiger partial charge in [-0.2, -0.15) is 9.40 Å². The lowest BCUT2D eigenvalue weighted by Gasteiger charge is -2.34. The minimum Gasteiger partial charge on any atom is -0.497 e. The number of carbonyl (C=O) groups excluding carboxylic acids is 1. The van der Waals surface area contributed by atoms with Crippen LogP contribution in [0.3, 0.4) is 0 Å². The molecular weight excluding hydrogens is 404 g/mol. The molecule has 1 aromatic heterocycles. The largest absolute Gasteiger partial charge is 0.497 e. The molecule has 0 bridgehead atoms. The monoisotopic (exact) mass is 434 g/mol. The smallest absolute Gasteiger partial charge is 0.254 e. The average Bonchev–Trinajstić information content (AvgIpc) is 3.02. The summed E-state index contributed by atoms with van der Waals surface area (Å²) in [5.74, 6) is 0.611. The number of amides is 1. The van der Waals surface area contributed by atoms with Crippen LogP contribution in [-0.4, -0.2) is 66.6 Å². The van der Waals surface area contributed by atoms with Crippen LogP contribution in [0.5, 0.6) is 5.75 Å². The fraction of sp³-hybridized carbons (Fsp3) is 0.524. The first-order chi connectivity index (χ1) is 14.1. The first-order valence-corrected chi connectivity index (χ1v) is 11.5. The van der Waals surface area contributed by atoms with Gasteiger partial charge in [-0.1, -0.05) is 0 Å². The molecule has 0 spiro atoms. The maximum Gasteiger partial charge on any atom is 0.254 e. The lowest BCUT2D eigenvalue weighted by atomic mass is 10.1. The molecule has 0 aliphatic carbocycles. The summed E-state index contributed by atoms with van der Waals surface area (Å²) in [6.07, 6.45) is 0. The number of hydrogen-bond donors (Lipinski definition) is 0. The van der Waals surface area contributed by atoms with Crippen molar-refractivity contribution in [2.24, 2.45) is 0 Å². The third kappa shape index (κ3) is 3.96. The Morgan fingerprint density at radius 1 is 1.10 bits per heavy atom. The molecule has 1 fully saturated rings. The number of rotatable bonds is 5. The number of piperazine rings is 1. The summed E-state index contributed by atoms with van der Waals surface area (Å²) in [4.78, 5) is 14.9. The summed E-state index contributed by atoms with van der Waals surface area (Å²) < 4.78 is 35.0. The molecule has 164 valence electrons. The highest BCUT2D eigenvalue weighted by molar-refractivity contribution is 7.89. The number of ether oxygens (including phenoxy) is 1. The van der Waals surface area contributed by atoms with Crippen LogP contribution in [-0.2, 0) is 10.0 Å². The first-order valence-electron chi connectivity index (χ1n) is 10.1. The van der Waals surface area contributed by atoms with Gasteiger partial charge in [0.1, 0.15) is 10.6 Å². The van der Waals surface area contributed by atoms with Crippen molar-refractivity contribution in [3.8, 4) is 5.75 Å². The van der Waals surface area contributed by atoms with E-state index in [4.69, 9.17) is 4.74 Å². The van der Waals surface area contributed by atoms with Crippen LogP contribution in [0.25, 0.3) is 0 Å². The second-order valence-corrected chi connectivity index (χ2v) is 9.79. The third-order valence-corrected chi connectivity index (χ3v) is 7.69. The summed E-state index contributed by atoms with van der Waals surface area (Å²) in [7, 11) is -2.08. The van der Waals surface area contributed by atoms with Gasteiger partial charge in [-0.05, 0) is 58.4 Å². The van der Waals surface area contributed by atoms with Crippen LogP contribution in [0.1, 0.15) is 47.2 Å². The Morgan fingerprint density at radius 2 is 1.73 bits per heavy atom. The second-order valence-electron chi connectivity index (χ2n) is 7.92. The van der Waals surface area contributed by atoms with Gasteiger partial charge in [0.15, 0.2) is 0 Å². The van der Waals surface area contributed by atoms with Crippen LogP contribution < -0.4 is 4.74 Å². The van der Waals surface area contributed by atoms with Gasteiger partial charge in [-0.25, -0.2) is 8.42 Å². The number of benzene rings is 1. The van der Waals surface area contributed by atoms with E-state index in [-0.39, 0.29) is 29.9 Å². The summed E-state index contributed by atoms with van der Waals surface area (Å²) in [6, 6.07) is 5.42. The van der Waals surface area contributed by atoms with Gasteiger partial charge in [0, 0.05) is 37.8 Å². The maximum atomic E-state index is 13.3. The molecule has 1 aliphatic rings. The third-order valence-electron chi connectivity index (χ3n) is 5.54. The summed E-state index contributed by atoms with van der Waals surface area (Å²) in [5.41, 5.74) is 2.60. The van der Waals surface area contributed by atoms with Gasteiger partial charge in [-0.15, -0.1) is 0 Å². The standard InChI is InChI=1S/C21H30N4O4S/c1-14(2)25-17(5)20(16(4)22-25)30(27,28)24-11-9-23(10-12-24)21(26)19-8-7-18(29-6)13-15(19)3/h7-8,13-14H,9-12H2,1-6H3. The predicted molar refractivity (Wildman–Crippen MR) is 114 cm³/mol. The van der Waals surface area contributed by atoms with Crippen LogP contribution in [0.15, 0.2) is 23.1 Å². The number of nitrogens with zero attached hydrogens (tertiary/aromatic N) is 4. The Labute approximate surface area is 178 Å². The molecule has 0 N–H and O–H groups in total. The number of aromatic nitrogens is 2. The molecule has 1 aromatic carbocycles. The van der Waals surface area contributed by atoms with Gasteiger partial charge < -0.3 is 9.64 Å². The molecule has 0 unspecified atom stereocenters. The number of sulfonamides is 1. The molecule has 0 saturated carbocycles. The molecule has 2 heterocycles. The Kier molecular flexibility index (Phi) is 6.24. The van der Waals surface area contributed by atoms with Gasteiger partial charge >= 0.3 is 0 Å². The molecule has 30 heavy (non-hydrogen) atoms. The zero-order chi connectivity index (χ0) is 22.2. The van der Waals surface area contributed by atoms with E-state index in [1.165, 1.54) is 4.31 Å². The summed E-state index contributed by atoms with van der Waals surface area (Å²) >= 11 is 0. The molecule has 1 aliphatic heterocycles. The average molecular weight is 435 g/mol.